The summed E-state index contributed by atoms with van der Waals surface area (Å²) in [5.74, 6) is -1.05. The summed E-state index contributed by atoms with van der Waals surface area (Å²) in [4.78, 5) is 24.2. The summed E-state index contributed by atoms with van der Waals surface area (Å²) in [5.41, 5.74) is 2.26. The van der Waals surface area contributed by atoms with Crippen molar-refractivity contribution in [3.8, 4) is 17.2 Å². The topological polar surface area (TPSA) is 94.1 Å². The number of carboxylic acid groups (broad SMARTS) is 1. The number of rotatable bonds is 9. The minimum absolute atomic E-state index is 0.00122. The standard InChI is InChI=1S/C21H25NO6/c1-13-6-5-7-14(8-13)9-16(21(24)25)12-22-20(23)15-10-17(26-2)19(28-4)18(11-15)27-3/h5-8,10-11,16H,9,12H2,1-4H3,(H,22,23)(H,24,25). The fraction of sp³-hybridized carbons (Fsp3) is 0.333. The van der Waals surface area contributed by atoms with Crippen LogP contribution < -0.4 is 19.5 Å². The first-order valence-electron chi connectivity index (χ1n) is 8.76. The molecule has 2 N–H and O–H groups in total. The van der Waals surface area contributed by atoms with E-state index in [2.05, 4.69) is 5.32 Å². The van der Waals surface area contributed by atoms with Gasteiger partial charge in [-0.25, -0.2) is 0 Å². The number of methoxy groups -OCH3 is 3. The highest BCUT2D eigenvalue weighted by Crippen LogP contribution is 2.38. The van der Waals surface area contributed by atoms with Crippen LogP contribution in [0.25, 0.3) is 0 Å². The van der Waals surface area contributed by atoms with Crippen LogP contribution in [0.5, 0.6) is 17.2 Å². The number of nitrogens with one attached hydrogen (secondary N) is 1. The first-order valence-corrected chi connectivity index (χ1v) is 8.76. The number of carboxylic acids is 1. The van der Waals surface area contributed by atoms with E-state index >= 15 is 0 Å². The van der Waals surface area contributed by atoms with E-state index in [-0.39, 0.29) is 12.1 Å². The number of amides is 1. The summed E-state index contributed by atoms with van der Waals surface area (Å²) in [6.45, 7) is 1.95. The van der Waals surface area contributed by atoms with Crippen molar-refractivity contribution in [1.82, 2.24) is 5.32 Å². The molecule has 0 aliphatic heterocycles. The molecule has 2 aromatic carbocycles. The third-order valence-corrected chi connectivity index (χ3v) is 4.35. The third kappa shape index (κ3) is 5.16. The van der Waals surface area contributed by atoms with Crippen LogP contribution in [0.15, 0.2) is 36.4 Å². The number of aryl methyl sites for hydroxylation is 1. The molecule has 0 aliphatic rings. The number of carbonyl (C=O) groups excluding carboxylic acids is 1. The van der Waals surface area contributed by atoms with Gasteiger partial charge in [-0.15, -0.1) is 0 Å². The molecular weight excluding hydrogens is 362 g/mol. The van der Waals surface area contributed by atoms with E-state index in [4.69, 9.17) is 14.2 Å². The van der Waals surface area contributed by atoms with Gasteiger partial charge in [0.2, 0.25) is 5.75 Å². The number of hydrogen-bond acceptors (Lipinski definition) is 5. The van der Waals surface area contributed by atoms with Gasteiger partial charge in [0, 0.05) is 12.1 Å². The SMILES string of the molecule is COc1cc(C(=O)NCC(Cc2cccc(C)c2)C(=O)O)cc(OC)c1OC. The molecule has 1 atom stereocenters. The molecule has 150 valence electrons. The van der Waals surface area contributed by atoms with Crippen LogP contribution in [-0.2, 0) is 11.2 Å². The van der Waals surface area contributed by atoms with Crippen LogP contribution in [0, 0.1) is 12.8 Å². The molecule has 28 heavy (non-hydrogen) atoms. The first-order chi connectivity index (χ1) is 13.4. The average Bonchev–Trinajstić information content (AvgIpc) is 2.69. The number of aliphatic carboxylic acids is 1. The van der Waals surface area contributed by atoms with E-state index in [0.717, 1.165) is 11.1 Å². The maximum Gasteiger partial charge on any atom is 0.308 e. The van der Waals surface area contributed by atoms with Crippen molar-refractivity contribution in [3.05, 3.63) is 53.1 Å². The maximum atomic E-state index is 12.6. The van der Waals surface area contributed by atoms with E-state index in [1.807, 2.05) is 31.2 Å². The number of carbonyl (C=O) groups is 2. The van der Waals surface area contributed by atoms with Crippen LogP contribution in [0.1, 0.15) is 21.5 Å². The molecule has 0 radical (unpaired) electrons. The van der Waals surface area contributed by atoms with Gasteiger partial charge in [0.15, 0.2) is 11.5 Å². The van der Waals surface area contributed by atoms with Crippen LogP contribution >= 0.6 is 0 Å². The lowest BCUT2D eigenvalue weighted by Crippen LogP contribution is -2.34. The van der Waals surface area contributed by atoms with Crippen LogP contribution in [0.2, 0.25) is 0 Å². The molecule has 0 fully saturated rings. The Hall–Kier alpha value is -3.22. The summed E-state index contributed by atoms with van der Waals surface area (Å²) in [7, 11) is 4.39. The van der Waals surface area contributed by atoms with Gasteiger partial charge in [0.1, 0.15) is 0 Å². The van der Waals surface area contributed by atoms with E-state index in [1.165, 1.54) is 33.5 Å². The Morgan fingerprint density at radius 1 is 1.04 bits per heavy atom. The van der Waals surface area contributed by atoms with Crippen molar-refractivity contribution in [2.24, 2.45) is 5.92 Å². The van der Waals surface area contributed by atoms with Gasteiger partial charge in [-0.1, -0.05) is 29.8 Å². The molecule has 0 aromatic heterocycles. The number of hydrogen-bond donors (Lipinski definition) is 2. The van der Waals surface area contributed by atoms with Crippen molar-refractivity contribution in [3.63, 3.8) is 0 Å². The molecule has 2 rings (SSSR count). The number of benzene rings is 2. The summed E-state index contributed by atoms with van der Waals surface area (Å²) in [6, 6.07) is 10.7. The van der Waals surface area contributed by atoms with Gasteiger partial charge in [-0.2, -0.15) is 0 Å². The average molecular weight is 387 g/mol. The molecule has 0 saturated carbocycles. The van der Waals surface area contributed by atoms with Gasteiger partial charge in [0.25, 0.3) is 5.91 Å². The Morgan fingerprint density at radius 2 is 1.68 bits per heavy atom. The van der Waals surface area contributed by atoms with Crippen molar-refractivity contribution < 1.29 is 28.9 Å². The van der Waals surface area contributed by atoms with Crippen LogP contribution in [0.3, 0.4) is 0 Å². The molecule has 1 amide bonds. The van der Waals surface area contributed by atoms with Gasteiger partial charge in [0.05, 0.1) is 27.2 Å². The molecule has 0 aliphatic carbocycles. The molecule has 0 bridgehead atoms. The molecule has 1 unspecified atom stereocenters. The van der Waals surface area contributed by atoms with Gasteiger partial charge in [-0.05, 0) is 31.0 Å². The monoisotopic (exact) mass is 387 g/mol. The predicted molar refractivity (Wildman–Crippen MR) is 104 cm³/mol. The lowest BCUT2D eigenvalue weighted by molar-refractivity contribution is -0.141. The Bertz CT molecular complexity index is 824. The summed E-state index contributed by atoms with van der Waals surface area (Å²) in [5, 5.41) is 12.2. The molecule has 2 aromatic rings. The quantitative estimate of drug-likeness (QED) is 0.687. The fourth-order valence-corrected chi connectivity index (χ4v) is 2.90. The second-order valence-electron chi connectivity index (χ2n) is 6.35. The molecule has 0 spiro atoms. The Labute approximate surface area is 164 Å². The highest BCUT2D eigenvalue weighted by Gasteiger charge is 2.21. The third-order valence-electron chi connectivity index (χ3n) is 4.35. The highest BCUT2D eigenvalue weighted by molar-refractivity contribution is 5.95. The lowest BCUT2D eigenvalue weighted by atomic mass is 9.98. The van der Waals surface area contributed by atoms with E-state index in [0.29, 0.717) is 23.7 Å². The second-order valence-corrected chi connectivity index (χ2v) is 6.35. The second kappa shape index (κ2) is 9.64. The normalized spacial score (nSPS) is 11.4. The van der Waals surface area contributed by atoms with Gasteiger partial charge < -0.3 is 24.6 Å². The lowest BCUT2D eigenvalue weighted by Gasteiger charge is -2.16. The van der Waals surface area contributed by atoms with E-state index in [1.54, 1.807) is 0 Å². The van der Waals surface area contributed by atoms with E-state index < -0.39 is 17.8 Å². The number of ether oxygens (including phenoxy) is 3. The van der Waals surface area contributed by atoms with Crippen molar-refractivity contribution in [2.45, 2.75) is 13.3 Å². The summed E-state index contributed by atoms with van der Waals surface area (Å²) in [6.07, 6.45) is 0.326. The fourth-order valence-electron chi connectivity index (χ4n) is 2.90. The smallest absolute Gasteiger partial charge is 0.308 e. The Morgan fingerprint density at radius 3 is 2.18 bits per heavy atom. The molecule has 7 heteroatoms. The zero-order chi connectivity index (χ0) is 20.7. The van der Waals surface area contributed by atoms with E-state index in [9.17, 15) is 14.7 Å². The van der Waals surface area contributed by atoms with Crippen molar-refractivity contribution in [1.29, 1.82) is 0 Å². The zero-order valence-electron chi connectivity index (χ0n) is 16.4. The predicted octanol–water partition coefficient (Wildman–Crippen LogP) is 2.69. The maximum absolute atomic E-state index is 12.6. The van der Waals surface area contributed by atoms with Crippen molar-refractivity contribution in [2.75, 3.05) is 27.9 Å². The highest BCUT2D eigenvalue weighted by atomic mass is 16.5. The Kier molecular flexibility index (Phi) is 7.26. The molecule has 0 saturated heterocycles. The van der Waals surface area contributed by atoms with Gasteiger partial charge >= 0.3 is 5.97 Å². The zero-order valence-corrected chi connectivity index (χ0v) is 16.4. The minimum atomic E-state index is -0.966. The van der Waals surface area contributed by atoms with Crippen LogP contribution in [-0.4, -0.2) is 44.9 Å². The molecule has 7 nitrogen and oxygen atoms in total. The first kappa shape index (κ1) is 21.1. The van der Waals surface area contributed by atoms with Crippen molar-refractivity contribution >= 4 is 11.9 Å². The minimum Gasteiger partial charge on any atom is -0.493 e. The largest absolute Gasteiger partial charge is 0.493 e. The van der Waals surface area contributed by atoms with Gasteiger partial charge in [-0.3, -0.25) is 9.59 Å². The van der Waals surface area contributed by atoms with Crippen LogP contribution in [0.4, 0.5) is 0 Å². The summed E-state index contributed by atoms with van der Waals surface area (Å²) >= 11 is 0. The molecule has 0 heterocycles. The Balaban J connectivity index is 2.13. The summed E-state index contributed by atoms with van der Waals surface area (Å²) < 4.78 is 15.7. The molecular formula is C21H25NO6.